The highest BCUT2D eigenvalue weighted by molar-refractivity contribution is 5.95. The van der Waals surface area contributed by atoms with Gasteiger partial charge in [-0.15, -0.1) is 12.4 Å². The number of amides is 1. The average molecular weight is 371 g/mol. The van der Waals surface area contributed by atoms with Crippen molar-refractivity contribution in [1.29, 1.82) is 0 Å². The summed E-state index contributed by atoms with van der Waals surface area (Å²) in [5.74, 6) is 0.120. The van der Waals surface area contributed by atoms with Gasteiger partial charge in [0.25, 0.3) is 11.6 Å². The Morgan fingerprint density at radius 1 is 1.44 bits per heavy atom. The zero-order chi connectivity index (χ0) is 17.9. The molecule has 0 bridgehead atoms. The molecule has 3 N–H and O–H groups in total. The highest BCUT2D eigenvalue weighted by Gasteiger charge is 2.26. The molecule has 1 saturated carbocycles. The summed E-state index contributed by atoms with van der Waals surface area (Å²) < 4.78 is 0. The number of nitrogens with one attached hydrogen (secondary N) is 1. The molecule has 0 heterocycles. The van der Waals surface area contributed by atoms with Crippen molar-refractivity contribution in [1.82, 2.24) is 4.90 Å². The van der Waals surface area contributed by atoms with Crippen molar-refractivity contribution in [3.63, 3.8) is 0 Å². The smallest absolute Gasteiger partial charge is 0.293 e. The molecule has 1 aromatic rings. The van der Waals surface area contributed by atoms with E-state index >= 15 is 0 Å². The SMILES string of the molecule is CC(C)C(N)CCN(C)C(=O)c1ccc(NC2CC2)c([N+](=O)[O-])c1.Cl. The largest absolute Gasteiger partial charge is 0.377 e. The van der Waals surface area contributed by atoms with Crippen LogP contribution in [0.2, 0.25) is 0 Å². The van der Waals surface area contributed by atoms with Crippen molar-refractivity contribution >= 4 is 29.7 Å². The maximum Gasteiger partial charge on any atom is 0.293 e. The van der Waals surface area contributed by atoms with Crippen LogP contribution in [0.5, 0.6) is 0 Å². The highest BCUT2D eigenvalue weighted by atomic mass is 35.5. The first-order valence-electron chi connectivity index (χ1n) is 8.35. The predicted octanol–water partition coefficient (Wildman–Crippen LogP) is 3.04. The topological polar surface area (TPSA) is 102 Å². The van der Waals surface area contributed by atoms with E-state index in [4.69, 9.17) is 5.73 Å². The van der Waals surface area contributed by atoms with E-state index in [9.17, 15) is 14.9 Å². The molecule has 140 valence electrons. The average Bonchev–Trinajstić information content (AvgIpc) is 3.35. The molecule has 0 aliphatic heterocycles. The molecule has 0 saturated heterocycles. The van der Waals surface area contributed by atoms with Gasteiger partial charge in [0.1, 0.15) is 5.69 Å². The molecule has 0 radical (unpaired) electrons. The van der Waals surface area contributed by atoms with E-state index < -0.39 is 4.92 Å². The lowest BCUT2D eigenvalue weighted by molar-refractivity contribution is -0.384. The number of carbonyl (C=O) groups is 1. The van der Waals surface area contributed by atoms with Crippen LogP contribution < -0.4 is 11.1 Å². The summed E-state index contributed by atoms with van der Waals surface area (Å²) in [6, 6.07) is 4.95. The van der Waals surface area contributed by atoms with E-state index in [-0.39, 0.29) is 30.0 Å². The maximum atomic E-state index is 12.5. The number of nitrogens with two attached hydrogens (primary N) is 1. The van der Waals surface area contributed by atoms with E-state index in [1.165, 1.54) is 6.07 Å². The van der Waals surface area contributed by atoms with Gasteiger partial charge < -0.3 is 16.0 Å². The Bertz CT molecular complexity index is 620. The molecule has 1 fully saturated rings. The molecule has 1 unspecified atom stereocenters. The van der Waals surface area contributed by atoms with E-state index in [1.54, 1.807) is 24.1 Å². The normalized spacial score (nSPS) is 14.6. The Hall–Kier alpha value is -1.86. The zero-order valence-electron chi connectivity index (χ0n) is 14.9. The van der Waals surface area contributed by atoms with Crippen LogP contribution in [-0.2, 0) is 0 Å². The van der Waals surface area contributed by atoms with E-state index in [0.717, 1.165) is 12.8 Å². The molecule has 2 rings (SSSR count). The molecule has 1 aromatic carbocycles. The van der Waals surface area contributed by atoms with Gasteiger partial charge in [0.15, 0.2) is 0 Å². The Labute approximate surface area is 154 Å². The van der Waals surface area contributed by atoms with Crippen LogP contribution in [-0.4, -0.2) is 41.4 Å². The number of nitro benzene ring substituents is 1. The van der Waals surface area contributed by atoms with Crippen molar-refractivity contribution in [2.45, 2.75) is 45.2 Å². The lowest BCUT2D eigenvalue weighted by Gasteiger charge is -2.21. The van der Waals surface area contributed by atoms with Gasteiger partial charge in [-0.3, -0.25) is 14.9 Å². The first kappa shape index (κ1) is 21.2. The molecule has 1 atom stereocenters. The molecule has 1 aliphatic carbocycles. The van der Waals surface area contributed by atoms with E-state index in [2.05, 4.69) is 5.32 Å². The number of hydrogen-bond donors (Lipinski definition) is 2. The fraction of sp³-hybridized carbons (Fsp3) is 0.588. The summed E-state index contributed by atoms with van der Waals surface area (Å²) in [6.45, 7) is 4.61. The van der Waals surface area contributed by atoms with Crippen LogP contribution >= 0.6 is 12.4 Å². The Morgan fingerprint density at radius 2 is 2.08 bits per heavy atom. The van der Waals surface area contributed by atoms with Crippen LogP contribution in [0.25, 0.3) is 0 Å². The Kier molecular flexibility index (Phi) is 7.63. The number of carbonyl (C=O) groups excluding carboxylic acids is 1. The number of benzene rings is 1. The third-order valence-corrected chi connectivity index (χ3v) is 4.38. The molecule has 8 heteroatoms. The molecule has 1 amide bonds. The van der Waals surface area contributed by atoms with Crippen molar-refractivity contribution < 1.29 is 9.72 Å². The monoisotopic (exact) mass is 370 g/mol. The van der Waals surface area contributed by atoms with E-state index in [1.807, 2.05) is 13.8 Å². The van der Waals surface area contributed by atoms with Gasteiger partial charge in [0.05, 0.1) is 4.92 Å². The van der Waals surface area contributed by atoms with Crippen LogP contribution in [0, 0.1) is 16.0 Å². The van der Waals surface area contributed by atoms with Gasteiger partial charge in [-0.1, -0.05) is 13.8 Å². The van der Waals surface area contributed by atoms with Gasteiger partial charge >= 0.3 is 0 Å². The molecule has 0 aromatic heterocycles. The Balaban J connectivity index is 0.00000312. The minimum Gasteiger partial charge on any atom is -0.377 e. The van der Waals surface area contributed by atoms with Gasteiger partial charge in [-0.25, -0.2) is 0 Å². The van der Waals surface area contributed by atoms with Crippen LogP contribution in [0.3, 0.4) is 0 Å². The van der Waals surface area contributed by atoms with Crippen LogP contribution in [0.1, 0.15) is 43.5 Å². The lowest BCUT2D eigenvalue weighted by Crippen LogP contribution is -2.34. The summed E-state index contributed by atoms with van der Waals surface area (Å²) in [6.07, 6.45) is 2.75. The molecule has 0 spiro atoms. The first-order chi connectivity index (χ1) is 11.3. The first-order valence-corrected chi connectivity index (χ1v) is 8.35. The molecular formula is C17H27ClN4O3. The second-order valence-corrected chi connectivity index (χ2v) is 6.83. The van der Waals surface area contributed by atoms with Crippen molar-refractivity contribution in [3.05, 3.63) is 33.9 Å². The zero-order valence-corrected chi connectivity index (χ0v) is 15.7. The Morgan fingerprint density at radius 3 is 2.60 bits per heavy atom. The summed E-state index contributed by atoms with van der Waals surface area (Å²) in [5.41, 5.74) is 6.75. The summed E-state index contributed by atoms with van der Waals surface area (Å²) in [7, 11) is 1.69. The van der Waals surface area contributed by atoms with Crippen molar-refractivity contribution in [2.24, 2.45) is 11.7 Å². The van der Waals surface area contributed by atoms with Crippen LogP contribution in [0.15, 0.2) is 18.2 Å². The summed E-state index contributed by atoms with van der Waals surface area (Å²) in [5, 5.41) is 14.4. The number of nitrogens with zero attached hydrogens (tertiary/aromatic N) is 2. The van der Waals surface area contributed by atoms with Crippen LogP contribution in [0.4, 0.5) is 11.4 Å². The standard InChI is InChI=1S/C17H26N4O3.ClH/c1-11(2)14(18)8-9-20(3)17(22)12-4-7-15(19-13-5-6-13)16(10-12)21(23)24;/h4,7,10-11,13-14,19H,5-6,8-9,18H2,1-3H3;1H. The number of rotatable bonds is 8. The fourth-order valence-corrected chi connectivity index (χ4v) is 2.38. The van der Waals surface area contributed by atoms with Gasteiger partial charge in [-0.2, -0.15) is 0 Å². The summed E-state index contributed by atoms with van der Waals surface area (Å²) in [4.78, 5) is 24.9. The third-order valence-electron chi connectivity index (χ3n) is 4.38. The minimum absolute atomic E-state index is 0. The van der Waals surface area contributed by atoms with E-state index in [0.29, 0.717) is 36.2 Å². The number of nitro groups is 1. The lowest BCUT2D eigenvalue weighted by atomic mass is 10.0. The van der Waals surface area contributed by atoms with Gasteiger partial charge in [0, 0.05) is 37.3 Å². The fourth-order valence-electron chi connectivity index (χ4n) is 2.38. The molecule has 1 aliphatic rings. The number of halogens is 1. The number of anilines is 1. The second-order valence-electron chi connectivity index (χ2n) is 6.83. The predicted molar refractivity (Wildman–Crippen MR) is 101 cm³/mol. The molecule has 25 heavy (non-hydrogen) atoms. The van der Waals surface area contributed by atoms with Gasteiger partial charge in [0.2, 0.25) is 0 Å². The van der Waals surface area contributed by atoms with Crippen molar-refractivity contribution in [2.75, 3.05) is 18.9 Å². The molecule has 7 nitrogen and oxygen atoms in total. The highest BCUT2D eigenvalue weighted by Crippen LogP contribution is 2.31. The number of hydrogen-bond acceptors (Lipinski definition) is 5. The third kappa shape index (κ3) is 5.86. The quantitative estimate of drug-likeness (QED) is 0.541. The van der Waals surface area contributed by atoms with Crippen molar-refractivity contribution in [3.8, 4) is 0 Å². The molecular weight excluding hydrogens is 344 g/mol. The minimum atomic E-state index is -0.448. The maximum absolute atomic E-state index is 12.5. The second kappa shape index (κ2) is 9.01. The summed E-state index contributed by atoms with van der Waals surface area (Å²) >= 11 is 0. The van der Waals surface area contributed by atoms with Gasteiger partial charge in [-0.05, 0) is 37.3 Å².